The van der Waals surface area contributed by atoms with Crippen LogP contribution < -0.4 is 10.6 Å². The van der Waals surface area contributed by atoms with Gasteiger partial charge in [-0.2, -0.15) is 0 Å². The van der Waals surface area contributed by atoms with E-state index in [9.17, 15) is 4.79 Å². The second-order valence-corrected chi connectivity index (χ2v) is 5.76. The van der Waals surface area contributed by atoms with Gasteiger partial charge in [-0.3, -0.25) is 9.69 Å². The van der Waals surface area contributed by atoms with E-state index in [-0.39, 0.29) is 5.91 Å². The van der Waals surface area contributed by atoms with Crippen LogP contribution in [-0.2, 0) is 11.3 Å². The highest BCUT2D eigenvalue weighted by molar-refractivity contribution is 5.75. The first-order chi connectivity index (χ1) is 10.3. The summed E-state index contributed by atoms with van der Waals surface area (Å²) >= 11 is 0. The molecule has 1 heterocycles. The highest BCUT2D eigenvalue weighted by Crippen LogP contribution is 2.13. The quantitative estimate of drug-likeness (QED) is 0.766. The van der Waals surface area contributed by atoms with Crippen LogP contribution in [0.4, 0.5) is 0 Å². The van der Waals surface area contributed by atoms with Crippen LogP contribution in [0, 0.1) is 0 Å². The monoisotopic (exact) mass is 289 g/mol. The Morgan fingerprint density at radius 1 is 1.29 bits per heavy atom. The third kappa shape index (κ3) is 5.86. The van der Waals surface area contributed by atoms with Crippen molar-refractivity contribution in [3.8, 4) is 0 Å². The molecule has 4 heteroatoms. The molecule has 0 saturated carbocycles. The maximum Gasteiger partial charge on any atom is 0.221 e. The standard InChI is InChI=1S/C17H27N3O/c1-2-10-19-17(21)8-11-18-16-9-12-20(14-16)13-15-6-4-3-5-7-15/h3-7,16,18H,2,8-14H2,1H3,(H,19,21). The van der Waals surface area contributed by atoms with Gasteiger partial charge in [0.15, 0.2) is 0 Å². The first-order valence-electron chi connectivity index (χ1n) is 8.04. The molecule has 4 nitrogen and oxygen atoms in total. The summed E-state index contributed by atoms with van der Waals surface area (Å²) in [6.45, 7) is 6.86. The molecule has 1 atom stereocenters. The minimum atomic E-state index is 0.156. The van der Waals surface area contributed by atoms with Gasteiger partial charge in [-0.25, -0.2) is 0 Å². The summed E-state index contributed by atoms with van der Waals surface area (Å²) in [5.74, 6) is 0.156. The topological polar surface area (TPSA) is 44.4 Å². The van der Waals surface area contributed by atoms with Crippen molar-refractivity contribution in [2.75, 3.05) is 26.2 Å². The second kappa shape index (κ2) is 8.80. The summed E-state index contributed by atoms with van der Waals surface area (Å²) in [5, 5.41) is 6.41. The number of carbonyl (C=O) groups excluding carboxylic acids is 1. The van der Waals surface area contributed by atoms with E-state index in [1.807, 2.05) is 0 Å². The van der Waals surface area contributed by atoms with Gasteiger partial charge < -0.3 is 10.6 Å². The molecule has 0 aromatic heterocycles. The van der Waals surface area contributed by atoms with Crippen molar-refractivity contribution in [3.63, 3.8) is 0 Å². The molecule has 1 aliphatic rings. The number of hydrogen-bond donors (Lipinski definition) is 2. The Bertz CT molecular complexity index is 421. The van der Waals surface area contributed by atoms with Gasteiger partial charge >= 0.3 is 0 Å². The van der Waals surface area contributed by atoms with Gasteiger partial charge in [0.25, 0.3) is 0 Å². The van der Waals surface area contributed by atoms with E-state index >= 15 is 0 Å². The molecule has 0 bridgehead atoms. The summed E-state index contributed by atoms with van der Waals surface area (Å²) in [7, 11) is 0. The summed E-state index contributed by atoms with van der Waals surface area (Å²) in [4.78, 5) is 14.0. The highest BCUT2D eigenvalue weighted by atomic mass is 16.1. The molecule has 1 fully saturated rings. The molecular formula is C17H27N3O. The van der Waals surface area contributed by atoms with E-state index in [2.05, 4.69) is 52.8 Å². The van der Waals surface area contributed by atoms with E-state index in [1.165, 1.54) is 12.0 Å². The number of amides is 1. The lowest BCUT2D eigenvalue weighted by Crippen LogP contribution is -2.35. The van der Waals surface area contributed by atoms with Gasteiger partial charge in [0, 0.05) is 45.2 Å². The zero-order valence-corrected chi connectivity index (χ0v) is 13.0. The van der Waals surface area contributed by atoms with E-state index in [4.69, 9.17) is 0 Å². The van der Waals surface area contributed by atoms with E-state index in [0.29, 0.717) is 12.5 Å². The van der Waals surface area contributed by atoms with Gasteiger partial charge in [0.1, 0.15) is 0 Å². The van der Waals surface area contributed by atoms with Crippen LogP contribution in [0.1, 0.15) is 31.7 Å². The van der Waals surface area contributed by atoms with Crippen LogP contribution >= 0.6 is 0 Å². The number of nitrogens with one attached hydrogen (secondary N) is 2. The van der Waals surface area contributed by atoms with Crippen molar-refractivity contribution in [3.05, 3.63) is 35.9 Å². The molecule has 116 valence electrons. The first kappa shape index (κ1) is 16.0. The fraction of sp³-hybridized carbons (Fsp3) is 0.588. The molecule has 0 aliphatic carbocycles. The Morgan fingerprint density at radius 2 is 2.10 bits per heavy atom. The third-order valence-corrected chi connectivity index (χ3v) is 3.88. The zero-order valence-electron chi connectivity index (χ0n) is 13.0. The zero-order chi connectivity index (χ0) is 14.9. The van der Waals surface area contributed by atoms with Crippen molar-refractivity contribution < 1.29 is 4.79 Å². The lowest BCUT2D eigenvalue weighted by Gasteiger charge is -2.16. The summed E-state index contributed by atoms with van der Waals surface area (Å²) in [5.41, 5.74) is 1.37. The molecule has 0 radical (unpaired) electrons. The fourth-order valence-electron chi connectivity index (χ4n) is 2.73. The van der Waals surface area contributed by atoms with Crippen LogP contribution in [0.15, 0.2) is 30.3 Å². The number of benzene rings is 1. The number of rotatable bonds is 8. The van der Waals surface area contributed by atoms with E-state index < -0.39 is 0 Å². The minimum absolute atomic E-state index is 0.156. The molecule has 2 N–H and O–H groups in total. The van der Waals surface area contributed by atoms with Crippen molar-refractivity contribution in [1.82, 2.24) is 15.5 Å². The Hall–Kier alpha value is -1.39. The van der Waals surface area contributed by atoms with Gasteiger partial charge in [-0.05, 0) is 18.4 Å². The Balaban J connectivity index is 1.61. The van der Waals surface area contributed by atoms with Crippen LogP contribution in [0.3, 0.4) is 0 Å². The Kier molecular flexibility index (Phi) is 6.70. The molecule has 1 aliphatic heterocycles. The minimum Gasteiger partial charge on any atom is -0.356 e. The second-order valence-electron chi connectivity index (χ2n) is 5.76. The smallest absolute Gasteiger partial charge is 0.221 e. The lowest BCUT2D eigenvalue weighted by atomic mass is 10.2. The van der Waals surface area contributed by atoms with E-state index in [0.717, 1.165) is 39.1 Å². The highest BCUT2D eigenvalue weighted by Gasteiger charge is 2.21. The number of nitrogens with zero attached hydrogens (tertiary/aromatic N) is 1. The predicted octanol–water partition coefficient (Wildman–Crippen LogP) is 1.77. The van der Waals surface area contributed by atoms with Gasteiger partial charge in [0.05, 0.1) is 0 Å². The Morgan fingerprint density at radius 3 is 2.86 bits per heavy atom. The molecule has 2 rings (SSSR count). The van der Waals surface area contributed by atoms with Crippen LogP contribution in [0.2, 0.25) is 0 Å². The molecular weight excluding hydrogens is 262 g/mol. The van der Waals surface area contributed by atoms with Crippen LogP contribution in [0.5, 0.6) is 0 Å². The van der Waals surface area contributed by atoms with Crippen LogP contribution in [0.25, 0.3) is 0 Å². The number of likely N-dealkylation sites (tertiary alicyclic amines) is 1. The SMILES string of the molecule is CCCNC(=O)CCNC1CCN(Cc2ccccc2)C1. The summed E-state index contributed by atoms with van der Waals surface area (Å²) < 4.78 is 0. The molecule has 1 amide bonds. The average Bonchev–Trinajstić information content (AvgIpc) is 2.93. The summed E-state index contributed by atoms with van der Waals surface area (Å²) in [6, 6.07) is 11.1. The summed E-state index contributed by atoms with van der Waals surface area (Å²) in [6.07, 6.45) is 2.74. The van der Waals surface area contributed by atoms with Crippen molar-refractivity contribution in [2.45, 2.75) is 38.8 Å². The molecule has 21 heavy (non-hydrogen) atoms. The van der Waals surface area contributed by atoms with Gasteiger partial charge in [0.2, 0.25) is 5.91 Å². The first-order valence-corrected chi connectivity index (χ1v) is 8.04. The molecule has 1 unspecified atom stereocenters. The van der Waals surface area contributed by atoms with Crippen molar-refractivity contribution in [1.29, 1.82) is 0 Å². The predicted molar refractivity (Wildman–Crippen MR) is 86.0 cm³/mol. The number of hydrogen-bond acceptors (Lipinski definition) is 3. The van der Waals surface area contributed by atoms with Crippen LogP contribution in [-0.4, -0.2) is 43.0 Å². The largest absolute Gasteiger partial charge is 0.356 e. The molecule has 1 aromatic rings. The molecule has 1 aromatic carbocycles. The van der Waals surface area contributed by atoms with E-state index in [1.54, 1.807) is 0 Å². The number of carbonyl (C=O) groups is 1. The average molecular weight is 289 g/mol. The normalized spacial score (nSPS) is 18.8. The molecule has 0 spiro atoms. The van der Waals surface area contributed by atoms with Crippen molar-refractivity contribution >= 4 is 5.91 Å². The van der Waals surface area contributed by atoms with Gasteiger partial charge in [-0.1, -0.05) is 37.3 Å². The van der Waals surface area contributed by atoms with Crippen molar-refractivity contribution in [2.24, 2.45) is 0 Å². The fourth-order valence-corrected chi connectivity index (χ4v) is 2.73. The maximum atomic E-state index is 11.5. The lowest BCUT2D eigenvalue weighted by molar-refractivity contribution is -0.121. The maximum absolute atomic E-state index is 11.5. The Labute approximate surface area is 127 Å². The van der Waals surface area contributed by atoms with Gasteiger partial charge in [-0.15, -0.1) is 0 Å². The molecule has 1 saturated heterocycles. The third-order valence-electron chi connectivity index (χ3n) is 3.88.